The van der Waals surface area contributed by atoms with Crippen LogP contribution in [-0.2, 0) is 0 Å². The molecule has 2 fully saturated rings. The Kier molecular flexibility index (Phi) is 3.68. The second-order valence-electron chi connectivity index (χ2n) is 6.17. The van der Waals surface area contributed by atoms with E-state index in [1.807, 2.05) is 4.90 Å². The highest BCUT2D eigenvalue weighted by Gasteiger charge is 2.40. The summed E-state index contributed by atoms with van der Waals surface area (Å²) in [6, 6.07) is 6.84. The number of nitrogens with zero attached hydrogens (tertiary/aromatic N) is 1. The van der Waals surface area contributed by atoms with Crippen LogP contribution in [-0.4, -0.2) is 35.8 Å². The van der Waals surface area contributed by atoms with Crippen molar-refractivity contribution in [2.75, 3.05) is 13.1 Å². The number of rotatable bonds is 2. The second kappa shape index (κ2) is 5.48. The highest BCUT2D eigenvalue weighted by molar-refractivity contribution is 5.99. The Labute approximate surface area is 124 Å². The number of carbonyl (C=O) groups is 2. The first kappa shape index (κ1) is 14.1. The van der Waals surface area contributed by atoms with Gasteiger partial charge in [-0.2, -0.15) is 0 Å². The lowest BCUT2D eigenvalue weighted by molar-refractivity contribution is 0.0783. The van der Waals surface area contributed by atoms with Crippen molar-refractivity contribution in [3.8, 4) is 0 Å². The molecular weight excluding hydrogens is 266 g/mol. The molecule has 21 heavy (non-hydrogen) atoms. The van der Waals surface area contributed by atoms with Crippen LogP contribution >= 0.6 is 0 Å². The zero-order chi connectivity index (χ0) is 15.0. The zero-order valence-electron chi connectivity index (χ0n) is 12.0. The van der Waals surface area contributed by atoms with Gasteiger partial charge in [-0.25, -0.2) is 0 Å². The molecule has 3 unspecified atom stereocenters. The van der Waals surface area contributed by atoms with E-state index in [4.69, 9.17) is 11.5 Å². The molecule has 1 aliphatic carbocycles. The average molecular weight is 287 g/mol. The summed E-state index contributed by atoms with van der Waals surface area (Å²) in [5.74, 6) is 0.403. The van der Waals surface area contributed by atoms with E-state index >= 15 is 0 Å². The van der Waals surface area contributed by atoms with Crippen molar-refractivity contribution in [2.24, 2.45) is 23.3 Å². The molecule has 1 aromatic carbocycles. The third-order valence-electron chi connectivity index (χ3n) is 4.84. The zero-order valence-corrected chi connectivity index (χ0v) is 12.0. The number of nitrogens with two attached hydrogens (primary N) is 2. The third kappa shape index (κ3) is 2.65. The normalized spacial score (nSPS) is 28.2. The van der Waals surface area contributed by atoms with Crippen molar-refractivity contribution >= 4 is 11.8 Å². The van der Waals surface area contributed by atoms with Crippen LogP contribution in [0.25, 0.3) is 0 Å². The number of benzene rings is 1. The van der Waals surface area contributed by atoms with Gasteiger partial charge in [0.25, 0.3) is 5.91 Å². The molecule has 1 aliphatic heterocycles. The van der Waals surface area contributed by atoms with Crippen LogP contribution in [0.3, 0.4) is 0 Å². The first-order chi connectivity index (χ1) is 10.1. The fraction of sp³-hybridized carbons (Fsp3) is 0.500. The molecule has 2 aliphatic rings. The predicted molar refractivity (Wildman–Crippen MR) is 79.7 cm³/mol. The van der Waals surface area contributed by atoms with Gasteiger partial charge in [-0.15, -0.1) is 0 Å². The van der Waals surface area contributed by atoms with Crippen molar-refractivity contribution in [3.63, 3.8) is 0 Å². The average Bonchev–Trinajstić information content (AvgIpc) is 2.92. The summed E-state index contributed by atoms with van der Waals surface area (Å²) in [7, 11) is 0. The van der Waals surface area contributed by atoms with Gasteiger partial charge in [-0.3, -0.25) is 9.59 Å². The van der Waals surface area contributed by atoms with Gasteiger partial charge in [0.2, 0.25) is 5.91 Å². The van der Waals surface area contributed by atoms with E-state index in [9.17, 15) is 9.59 Å². The molecule has 1 saturated heterocycles. The summed E-state index contributed by atoms with van der Waals surface area (Å²) in [6.45, 7) is 1.50. The molecule has 0 radical (unpaired) electrons. The maximum Gasteiger partial charge on any atom is 0.253 e. The Morgan fingerprint density at radius 2 is 1.90 bits per heavy atom. The molecule has 0 spiro atoms. The maximum atomic E-state index is 12.6. The molecule has 5 nitrogen and oxygen atoms in total. The van der Waals surface area contributed by atoms with E-state index in [0.29, 0.717) is 23.0 Å². The summed E-state index contributed by atoms with van der Waals surface area (Å²) in [5.41, 5.74) is 12.4. The summed E-state index contributed by atoms with van der Waals surface area (Å²) < 4.78 is 0. The van der Waals surface area contributed by atoms with Gasteiger partial charge < -0.3 is 16.4 Å². The minimum atomic E-state index is -0.512. The summed E-state index contributed by atoms with van der Waals surface area (Å²) in [4.78, 5) is 25.7. The molecule has 0 bridgehead atoms. The Bertz CT molecular complexity index is 572. The van der Waals surface area contributed by atoms with Crippen LogP contribution in [0, 0.1) is 11.8 Å². The number of fused-ring (bicyclic) bond motifs is 1. The number of hydrogen-bond acceptors (Lipinski definition) is 3. The summed E-state index contributed by atoms with van der Waals surface area (Å²) >= 11 is 0. The number of primary amides is 1. The van der Waals surface area contributed by atoms with Crippen LogP contribution in [0.15, 0.2) is 24.3 Å². The lowest BCUT2D eigenvalue weighted by atomic mass is 9.78. The fourth-order valence-corrected chi connectivity index (χ4v) is 3.67. The van der Waals surface area contributed by atoms with Gasteiger partial charge in [0.1, 0.15) is 0 Å². The van der Waals surface area contributed by atoms with E-state index in [-0.39, 0.29) is 11.9 Å². The van der Waals surface area contributed by atoms with Crippen molar-refractivity contribution < 1.29 is 9.59 Å². The molecule has 3 rings (SSSR count). The van der Waals surface area contributed by atoms with Gasteiger partial charge in [-0.1, -0.05) is 12.5 Å². The minimum absolute atomic E-state index is 0.0281. The van der Waals surface area contributed by atoms with Gasteiger partial charge in [0, 0.05) is 30.3 Å². The lowest BCUT2D eigenvalue weighted by Gasteiger charge is -2.29. The van der Waals surface area contributed by atoms with Crippen molar-refractivity contribution in [1.82, 2.24) is 4.90 Å². The third-order valence-corrected chi connectivity index (χ3v) is 4.84. The highest BCUT2D eigenvalue weighted by Crippen LogP contribution is 2.36. The number of amides is 2. The molecule has 112 valence electrons. The van der Waals surface area contributed by atoms with E-state index in [0.717, 1.165) is 32.4 Å². The smallest absolute Gasteiger partial charge is 0.253 e. The van der Waals surface area contributed by atoms with Crippen molar-refractivity contribution in [2.45, 2.75) is 25.3 Å². The molecule has 4 N–H and O–H groups in total. The molecule has 2 amide bonds. The standard InChI is InChI=1S/C16H21N3O2/c17-14-6-2-5-12-8-19(9-13(12)14)16(21)11-4-1-3-10(7-11)15(18)20/h1,3-4,7,12-14H,2,5-6,8-9,17H2,(H2,18,20). The topological polar surface area (TPSA) is 89.4 Å². The molecule has 1 heterocycles. The SMILES string of the molecule is NC(=O)c1cccc(C(=O)N2CC3CCCC(N)C3C2)c1. The molecular formula is C16H21N3O2. The maximum absolute atomic E-state index is 12.6. The molecule has 3 atom stereocenters. The molecule has 5 heteroatoms. The van der Waals surface area contributed by atoms with Crippen LogP contribution in [0.4, 0.5) is 0 Å². The lowest BCUT2D eigenvalue weighted by Crippen LogP contribution is -2.38. The van der Waals surface area contributed by atoms with E-state index < -0.39 is 5.91 Å². The minimum Gasteiger partial charge on any atom is -0.366 e. The predicted octanol–water partition coefficient (Wildman–Crippen LogP) is 0.985. The van der Waals surface area contributed by atoms with Gasteiger partial charge in [0.05, 0.1) is 0 Å². The second-order valence-corrected chi connectivity index (χ2v) is 6.17. The van der Waals surface area contributed by atoms with E-state index in [1.165, 1.54) is 0 Å². The molecule has 1 aromatic rings. The highest BCUT2D eigenvalue weighted by atomic mass is 16.2. The molecule has 1 saturated carbocycles. The Balaban J connectivity index is 1.77. The van der Waals surface area contributed by atoms with Gasteiger partial charge in [0.15, 0.2) is 0 Å². The largest absolute Gasteiger partial charge is 0.366 e. The summed E-state index contributed by atoms with van der Waals surface area (Å²) in [5, 5.41) is 0. The monoisotopic (exact) mass is 287 g/mol. The number of likely N-dealkylation sites (tertiary alicyclic amines) is 1. The number of carbonyl (C=O) groups excluding carboxylic acids is 2. The van der Waals surface area contributed by atoms with Gasteiger partial charge in [-0.05, 0) is 42.9 Å². The fourth-order valence-electron chi connectivity index (χ4n) is 3.67. The van der Waals surface area contributed by atoms with E-state index in [2.05, 4.69) is 0 Å². The Morgan fingerprint density at radius 1 is 1.14 bits per heavy atom. The van der Waals surface area contributed by atoms with Crippen LogP contribution in [0.5, 0.6) is 0 Å². The first-order valence-electron chi connectivity index (χ1n) is 7.51. The van der Waals surface area contributed by atoms with Crippen LogP contribution in [0.1, 0.15) is 40.0 Å². The van der Waals surface area contributed by atoms with Crippen LogP contribution < -0.4 is 11.5 Å². The Hall–Kier alpha value is -1.88. The summed E-state index contributed by atoms with van der Waals surface area (Å²) in [6.07, 6.45) is 3.37. The van der Waals surface area contributed by atoms with E-state index in [1.54, 1.807) is 24.3 Å². The quantitative estimate of drug-likeness (QED) is 0.850. The first-order valence-corrected chi connectivity index (χ1v) is 7.51. The van der Waals surface area contributed by atoms with Crippen molar-refractivity contribution in [3.05, 3.63) is 35.4 Å². The molecule has 0 aromatic heterocycles. The van der Waals surface area contributed by atoms with Crippen molar-refractivity contribution in [1.29, 1.82) is 0 Å². The van der Waals surface area contributed by atoms with Crippen LogP contribution in [0.2, 0.25) is 0 Å². The van der Waals surface area contributed by atoms with Gasteiger partial charge >= 0.3 is 0 Å². The number of hydrogen-bond donors (Lipinski definition) is 2. The Morgan fingerprint density at radius 3 is 2.62 bits per heavy atom.